The minimum Gasteiger partial charge on any atom is -0.457 e. The van der Waals surface area contributed by atoms with Crippen molar-refractivity contribution in [2.45, 2.75) is 26.4 Å². The second-order valence-corrected chi connectivity index (χ2v) is 4.64. The first-order valence-electron chi connectivity index (χ1n) is 6.63. The van der Waals surface area contributed by atoms with Crippen LogP contribution in [0.4, 0.5) is 0 Å². The highest BCUT2D eigenvalue weighted by Gasteiger charge is 2.11. The molecule has 1 atom stereocenters. The minimum atomic E-state index is -0.646. The van der Waals surface area contributed by atoms with E-state index in [1.807, 2.05) is 24.3 Å². The van der Waals surface area contributed by atoms with Crippen LogP contribution in [0.25, 0.3) is 0 Å². The smallest absolute Gasteiger partial charge is 0.134 e. The molecule has 102 valence electrons. The Morgan fingerprint density at radius 3 is 2.45 bits per heavy atom. The summed E-state index contributed by atoms with van der Waals surface area (Å²) >= 11 is 0. The average molecular weight is 267 g/mol. The van der Waals surface area contributed by atoms with Crippen molar-refractivity contribution >= 4 is 0 Å². The number of nitriles is 1. The number of hydrogen-bond acceptors (Lipinski definition) is 3. The van der Waals surface area contributed by atoms with Crippen LogP contribution in [0.5, 0.6) is 11.5 Å². The second-order valence-electron chi connectivity index (χ2n) is 4.64. The van der Waals surface area contributed by atoms with Gasteiger partial charge in [-0.15, -0.1) is 0 Å². The average Bonchev–Trinajstić information content (AvgIpc) is 2.47. The first-order chi connectivity index (χ1) is 9.63. The molecule has 0 saturated heterocycles. The van der Waals surface area contributed by atoms with E-state index in [-0.39, 0.29) is 0 Å². The highest BCUT2D eigenvalue weighted by Crippen LogP contribution is 2.30. The number of benzene rings is 2. The van der Waals surface area contributed by atoms with E-state index in [0.717, 1.165) is 6.42 Å². The van der Waals surface area contributed by atoms with Gasteiger partial charge in [0.25, 0.3) is 0 Å². The van der Waals surface area contributed by atoms with Crippen LogP contribution in [0.1, 0.15) is 36.6 Å². The molecule has 2 aromatic rings. The molecule has 2 aromatic carbocycles. The lowest BCUT2D eigenvalue weighted by atomic mass is 10.1. The topological polar surface area (TPSA) is 53.2 Å². The van der Waals surface area contributed by atoms with Gasteiger partial charge in [0, 0.05) is 5.56 Å². The lowest BCUT2D eigenvalue weighted by molar-refractivity contribution is 0.195. The lowest BCUT2D eigenvalue weighted by Crippen LogP contribution is -1.97. The number of aliphatic hydroxyl groups is 1. The maximum Gasteiger partial charge on any atom is 0.134 e. The summed E-state index contributed by atoms with van der Waals surface area (Å²) in [6.45, 7) is 3.77. The van der Waals surface area contributed by atoms with Gasteiger partial charge in [0.2, 0.25) is 0 Å². The number of ether oxygens (including phenoxy) is 1. The van der Waals surface area contributed by atoms with E-state index in [2.05, 4.69) is 13.0 Å². The summed E-state index contributed by atoms with van der Waals surface area (Å²) in [5.41, 5.74) is 2.41. The van der Waals surface area contributed by atoms with Gasteiger partial charge in [-0.05, 0) is 43.2 Å². The molecule has 0 bridgehead atoms. The van der Waals surface area contributed by atoms with Crippen molar-refractivity contribution in [3.05, 3.63) is 59.2 Å². The van der Waals surface area contributed by atoms with Gasteiger partial charge < -0.3 is 9.84 Å². The van der Waals surface area contributed by atoms with Crippen molar-refractivity contribution in [3.8, 4) is 17.6 Å². The van der Waals surface area contributed by atoms with Crippen molar-refractivity contribution in [2.75, 3.05) is 0 Å². The van der Waals surface area contributed by atoms with Crippen LogP contribution in [0.2, 0.25) is 0 Å². The molecule has 0 aromatic heterocycles. The van der Waals surface area contributed by atoms with Gasteiger partial charge in [-0.2, -0.15) is 5.26 Å². The van der Waals surface area contributed by atoms with Crippen molar-refractivity contribution in [1.82, 2.24) is 0 Å². The van der Waals surface area contributed by atoms with Crippen LogP contribution in [-0.4, -0.2) is 5.11 Å². The van der Waals surface area contributed by atoms with Gasteiger partial charge in [-0.1, -0.05) is 25.1 Å². The molecule has 0 aliphatic carbocycles. The number of rotatable bonds is 4. The number of nitrogens with zero attached hydrogens (tertiary/aromatic N) is 1. The Labute approximate surface area is 119 Å². The fourth-order valence-corrected chi connectivity index (χ4v) is 1.96. The van der Waals surface area contributed by atoms with Crippen molar-refractivity contribution in [3.63, 3.8) is 0 Å². The molecule has 2 rings (SSSR count). The summed E-state index contributed by atoms with van der Waals surface area (Å²) in [6, 6.07) is 14.9. The predicted octanol–water partition coefficient (Wildman–Crippen LogP) is 3.97. The molecule has 0 radical (unpaired) electrons. The Bertz CT molecular complexity index is 624. The van der Waals surface area contributed by atoms with Gasteiger partial charge >= 0.3 is 0 Å². The second kappa shape index (κ2) is 6.23. The predicted molar refractivity (Wildman–Crippen MR) is 77.7 cm³/mol. The molecule has 0 fully saturated rings. The Morgan fingerprint density at radius 1 is 1.20 bits per heavy atom. The van der Waals surface area contributed by atoms with Gasteiger partial charge in [0.1, 0.15) is 11.5 Å². The highest BCUT2D eigenvalue weighted by atomic mass is 16.5. The van der Waals surface area contributed by atoms with Gasteiger partial charge in [0.15, 0.2) is 0 Å². The molecule has 0 aliphatic rings. The third kappa shape index (κ3) is 3.17. The quantitative estimate of drug-likeness (QED) is 0.912. The third-order valence-corrected chi connectivity index (χ3v) is 3.15. The van der Waals surface area contributed by atoms with E-state index in [4.69, 9.17) is 10.00 Å². The van der Waals surface area contributed by atoms with Crippen LogP contribution < -0.4 is 4.74 Å². The van der Waals surface area contributed by atoms with Gasteiger partial charge in [0.05, 0.1) is 17.7 Å². The fraction of sp³-hybridized carbons (Fsp3) is 0.235. The van der Waals surface area contributed by atoms with E-state index in [9.17, 15) is 5.11 Å². The van der Waals surface area contributed by atoms with Crippen molar-refractivity contribution in [2.24, 2.45) is 0 Å². The van der Waals surface area contributed by atoms with Crippen LogP contribution >= 0.6 is 0 Å². The summed E-state index contributed by atoms with van der Waals surface area (Å²) in [4.78, 5) is 0. The Hall–Kier alpha value is -2.31. The zero-order valence-corrected chi connectivity index (χ0v) is 11.6. The summed E-state index contributed by atoms with van der Waals surface area (Å²) in [6.07, 6.45) is 0.330. The molecule has 0 amide bonds. The zero-order valence-electron chi connectivity index (χ0n) is 11.6. The van der Waals surface area contributed by atoms with Gasteiger partial charge in [-0.3, -0.25) is 0 Å². The number of aliphatic hydroxyl groups excluding tert-OH is 1. The lowest BCUT2D eigenvalue weighted by Gasteiger charge is -2.13. The third-order valence-electron chi connectivity index (χ3n) is 3.15. The summed E-state index contributed by atoms with van der Waals surface area (Å²) in [7, 11) is 0. The van der Waals surface area contributed by atoms with E-state index in [1.165, 1.54) is 5.56 Å². The molecular formula is C17H17NO2. The minimum absolute atomic E-state index is 0.509. The van der Waals surface area contributed by atoms with Crippen LogP contribution in [0.3, 0.4) is 0 Å². The molecular weight excluding hydrogens is 250 g/mol. The van der Waals surface area contributed by atoms with E-state index in [1.54, 1.807) is 25.1 Å². The van der Waals surface area contributed by atoms with Crippen LogP contribution in [0.15, 0.2) is 42.5 Å². The molecule has 1 unspecified atom stereocenters. The maximum atomic E-state index is 9.77. The normalized spacial score (nSPS) is 11.7. The summed E-state index contributed by atoms with van der Waals surface area (Å²) in [5, 5.41) is 18.7. The first kappa shape index (κ1) is 14.1. The standard InChI is InChI=1S/C17H17NO2/c1-3-13-4-7-15(8-5-13)20-17-10-14(11-18)6-9-16(17)12(2)19/h4-10,12,19H,3H2,1-2H3. The maximum absolute atomic E-state index is 9.77. The van der Waals surface area contributed by atoms with Crippen LogP contribution in [-0.2, 0) is 6.42 Å². The Kier molecular flexibility index (Phi) is 4.39. The Morgan fingerprint density at radius 2 is 1.90 bits per heavy atom. The molecule has 0 spiro atoms. The SMILES string of the molecule is CCc1ccc(Oc2cc(C#N)ccc2C(C)O)cc1. The van der Waals surface area contributed by atoms with Crippen molar-refractivity contribution < 1.29 is 9.84 Å². The number of hydrogen-bond donors (Lipinski definition) is 1. The van der Waals surface area contributed by atoms with Crippen LogP contribution in [0, 0.1) is 11.3 Å². The molecule has 0 heterocycles. The summed E-state index contributed by atoms with van der Waals surface area (Å²) < 4.78 is 5.80. The largest absolute Gasteiger partial charge is 0.457 e. The first-order valence-corrected chi connectivity index (χ1v) is 6.63. The van der Waals surface area contributed by atoms with E-state index >= 15 is 0 Å². The van der Waals surface area contributed by atoms with Gasteiger partial charge in [-0.25, -0.2) is 0 Å². The molecule has 1 N–H and O–H groups in total. The molecule has 0 saturated carbocycles. The van der Waals surface area contributed by atoms with E-state index in [0.29, 0.717) is 22.6 Å². The monoisotopic (exact) mass is 267 g/mol. The zero-order chi connectivity index (χ0) is 14.5. The molecule has 3 nitrogen and oxygen atoms in total. The fourth-order valence-electron chi connectivity index (χ4n) is 1.96. The Balaban J connectivity index is 2.33. The highest BCUT2D eigenvalue weighted by molar-refractivity contribution is 5.45. The van der Waals surface area contributed by atoms with Crippen molar-refractivity contribution in [1.29, 1.82) is 5.26 Å². The molecule has 0 aliphatic heterocycles. The molecule has 3 heteroatoms. The molecule has 20 heavy (non-hydrogen) atoms. The number of aryl methyl sites for hydroxylation is 1. The van der Waals surface area contributed by atoms with E-state index < -0.39 is 6.10 Å². The summed E-state index contributed by atoms with van der Waals surface area (Å²) in [5.74, 6) is 1.21.